The second-order valence-electron chi connectivity index (χ2n) is 6.36. The Bertz CT molecular complexity index is 742. The molecule has 1 aromatic rings. The molecule has 0 aromatic heterocycles. The highest BCUT2D eigenvalue weighted by Gasteiger charge is 2.28. The van der Waals surface area contributed by atoms with Crippen LogP contribution >= 0.6 is 0 Å². The number of nitrogens with zero attached hydrogens (tertiary/aromatic N) is 1. The fraction of sp³-hybridized carbons (Fsp3) is 0.500. The minimum Gasteiger partial charge on any atom is -0.352 e. The molecule has 0 unspecified atom stereocenters. The lowest BCUT2D eigenvalue weighted by molar-refractivity contribution is -0.118. The number of hydrogen-bond donors (Lipinski definition) is 3. The summed E-state index contributed by atoms with van der Waals surface area (Å²) >= 11 is 0. The standard InChI is InChI=1S/C16H24N4O4S/c1-11(2)14(19-16(17)22)15(21)18-12-6-5-7-13(10-12)25(23,24)20-8-3-4-9-20/h5-7,10-11,14H,3-4,8-9H2,1-2H3,(H,18,21)(H3,17,19,22)/t14-/m0/s1. The summed E-state index contributed by atoms with van der Waals surface area (Å²) in [5.41, 5.74) is 5.45. The van der Waals surface area contributed by atoms with Crippen LogP contribution in [0.2, 0.25) is 0 Å². The Morgan fingerprint density at radius 2 is 1.84 bits per heavy atom. The molecule has 1 aromatic carbocycles. The van der Waals surface area contributed by atoms with Crippen molar-refractivity contribution in [3.8, 4) is 0 Å². The predicted molar refractivity (Wildman–Crippen MR) is 94.4 cm³/mol. The van der Waals surface area contributed by atoms with Gasteiger partial charge in [0, 0.05) is 18.8 Å². The van der Waals surface area contributed by atoms with Gasteiger partial charge in [-0.1, -0.05) is 19.9 Å². The maximum Gasteiger partial charge on any atom is 0.312 e. The molecule has 0 aliphatic carbocycles. The zero-order chi connectivity index (χ0) is 18.6. The molecule has 1 aliphatic heterocycles. The van der Waals surface area contributed by atoms with Gasteiger partial charge < -0.3 is 16.4 Å². The molecule has 1 aliphatic rings. The topological polar surface area (TPSA) is 122 Å². The highest BCUT2D eigenvalue weighted by molar-refractivity contribution is 7.89. The summed E-state index contributed by atoms with van der Waals surface area (Å²) in [4.78, 5) is 23.6. The number of urea groups is 1. The number of rotatable bonds is 6. The first-order valence-corrected chi connectivity index (χ1v) is 9.63. The third-order valence-corrected chi connectivity index (χ3v) is 5.95. The van der Waals surface area contributed by atoms with E-state index in [1.165, 1.54) is 16.4 Å². The van der Waals surface area contributed by atoms with E-state index in [-0.39, 0.29) is 10.8 Å². The highest BCUT2D eigenvalue weighted by atomic mass is 32.2. The van der Waals surface area contributed by atoms with E-state index in [1.54, 1.807) is 26.0 Å². The minimum absolute atomic E-state index is 0.135. The molecule has 0 bridgehead atoms. The first kappa shape index (κ1) is 19.2. The number of hydrogen-bond acceptors (Lipinski definition) is 4. The fourth-order valence-corrected chi connectivity index (χ4v) is 4.28. The van der Waals surface area contributed by atoms with Crippen molar-refractivity contribution in [1.82, 2.24) is 9.62 Å². The summed E-state index contributed by atoms with van der Waals surface area (Å²) in [5.74, 6) is -0.631. The zero-order valence-corrected chi connectivity index (χ0v) is 15.2. The van der Waals surface area contributed by atoms with Crippen LogP contribution in [0.4, 0.5) is 10.5 Å². The largest absolute Gasteiger partial charge is 0.352 e. The number of nitrogens with two attached hydrogens (primary N) is 1. The van der Waals surface area contributed by atoms with Gasteiger partial charge >= 0.3 is 6.03 Å². The molecule has 25 heavy (non-hydrogen) atoms. The molecule has 1 fully saturated rings. The number of sulfonamides is 1. The van der Waals surface area contributed by atoms with Crippen LogP contribution in [-0.2, 0) is 14.8 Å². The van der Waals surface area contributed by atoms with Gasteiger partial charge in [-0.3, -0.25) is 4.79 Å². The zero-order valence-electron chi connectivity index (χ0n) is 14.4. The van der Waals surface area contributed by atoms with Crippen LogP contribution in [0.15, 0.2) is 29.2 Å². The molecule has 3 amide bonds. The van der Waals surface area contributed by atoms with Gasteiger partial charge in [-0.25, -0.2) is 13.2 Å². The second kappa shape index (κ2) is 7.83. The Hall–Kier alpha value is -2.13. The van der Waals surface area contributed by atoms with Crippen molar-refractivity contribution in [2.24, 2.45) is 11.7 Å². The van der Waals surface area contributed by atoms with E-state index in [2.05, 4.69) is 10.6 Å². The molecular formula is C16H24N4O4S. The van der Waals surface area contributed by atoms with Gasteiger partial charge in [0.25, 0.3) is 0 Å². The summed E-state index contributed by atoms with van der Waals surface area (Å²) in [6.07, 6.45) is 1.70. The summed E-state index contributed by atoms with van der Waals surface area (Å²) in [6, 6.07) is 4.50. The average Bonchev–Trinajstić information content (AvgIpc) is 3.07. The fourth-order valence-electron chi connectivity index (χ4n) is 2.72. The Labute approximate surface area is 147 Å². The monoisotopic (exact) mass is 368 g/mol. The molecule has 9 heteroatoms. The van der Waals surface area contributed by atoms with Gasteiger partial charge in [-0.15, -0.1) is 0 Å². The number of primary amides is 1. The van der Waals surface area contributed by atoms with Crippen molar-refractivity contribution in [3.63, 3.8) is 0 Å². The Morgan fingerprint density at radius 3 is 2.40 bits per heavy atom. The lowest BCUT2D eigenvalue weighted by Gasteiger charge is -2.21. The molecule has 138 valence electrons. The van der Waals surface area contributed by atoms with Gasteiger partial charge in [0.05, 0.1) is 4.90 Å². The summed E-state index contributed by atoms with van der Waals surface area (Å²) < 4.78 is 26.6. The molecule has 2 rings (SSSR count). The van der Waals surface area contributed by atoms with Gasteiger partial charge in [-0.05, 0) is 37.0 Å². The van der Waals surface area contributed by atoms with Crippen LogP contribution < -0.4 is 16.4 Å². The lowest BCUT2D eigenvalue weighted by atomic mass is 10.0. The SMILES string of the molecule is CC(C)[C@H](NC(N)=O)C(=O)Nc1cccc(S(=O)(=O)N2CCCC2)c1. The maximum atomic E-state index is 12.6. The molecular weight excluding hydrogens is 344 g/mol. The molecule has 0 saturated carbocycles. The Balaban J connectivity index is 2.18. The summed E-state index contributed by atoms with van der Waals surface area (Å²) in [6.45, 7) is 4.57. The first-order chi connectivity index (χ1) is 11.7. The smallest absolute Gasteiger partial charge is 0.312 e. The molecule has 0 radical (unpaired) electrons. The highest BCUT2D eigenvalue weighted by Crippen LogP contribution is 2.23. The maximum absolute atomic E-state index is 12.6. The predicted octanol–water partition coefficient (Wildman–Crippen LogP) is 1.10. The number of benzene rings is 1. The molecule has 8 nitrogen and oxygen atoms in total. The third kappa shape index (κ3) is 4.70. The number of nitrogens with one attached hydrogen (secondary N) is 2. The third-order valence-electron chi connectivity index (χ3n) is 4.05. The van der Waals surface area contributed by atoms with E-state index in [1.807, 2.05) is 0 Å². The van der Waals surface area contributed by atoms with Crippen LogP contribution in [0.5, 0.6) is 0 Å². The Kier molecular flexibility index (Phi) is 6.02. The molecule has 1 atom stereocenters. The van der Waals surface area contributed by atoms with Crippen molar-refractivity contribution in [2.45, 2.75) is 37.6 Å². The van der Waals surface area contributed by atoms with E-state index < -0.39 is 28.0 Å². The van der Waals surface area contributed by atoms with Gasteiger partial charge in [0.15, 0.2) is 0 Å². The van der Waals surface area contributed by atoms with Gasteiger partial charge in [0.2, 0.25) is 15.9 Å². The van der Waals surface area contributed by atoms with E-state index in [0.29, 0.717) is 18.8 Å². The van der Waals surface area contributed by atoms with Crippen LogP contribution in [0, 0.1) is 5.92 Å². The molecule has 1 heterocycles. The molecule has 4 N–H and O–H groups in total. The normalized spacial score (nSPS) is 16.6. The quantitative estimate of drug-likeness (QED) is 0.696. The summed E-state index contributed by atoms with van der Waals surface area (Å²) in [5, 5.41) is 5.03. The molecule has 1 saturated heterocycles. The number of amides is 3. The van der Waals surface area contributed by atoms with Crippen molar-refractivity contribution in [1.29, 1.82) is 0 Å². The number of anilines is 1. The number of carbonyl (C=O) groups is 2. The number of carbonyl (C=O) groups excluding carboxylic acids is 2. The van der Waals surface area contributed by atoms with Crippen LogP contribution in [-0.4, -0.2) is 43.8 Å². The van der Waals surface area contributed by atoms with Crippen molar-refractivity contribution >= 4 is 27.6 Å². The van der Waals surface area contributed by atoms with E-state index >= 15 is 0 Å². The van der Waals surface area contributed by atoms with Crippen molar-refractivity contribution in [3.05, 3.63) is 24.3 Å². The Morgan fingerprint density at radius 1 is 1.20 bits per heavy atom. The van der Waals surface area contributed by atoms with Crippen molar-refractivity contribution in [2.75, 3.05) is 18.4 Å². The first-order valence-electron chi connectivity index (χ1n) is 8.19. The van der Waals surface area contributed by atoms with Crippen LogP contribution in [0.1, 0.15) is 26.7 Å². The van der Waals surface area contributed by atoms with Crippen LogP contribution in [0.25, 0.3) is 0 Å². The average molecular weight is 368 g/mol. The van der Waals surface area contributed by atoms with Crippen LogP contribution in [0.3, 0.4) is 0 Å². The van der Waals surface area contributed by atoms with Crippen molar-refractivity contribution < 1.29 is 18.0 Å². The second-order valence-corrected chi connectivity index (χ2v) is 8.30. The van der Waals surface area contributed by atoms with E-state index in [4.69, 9.17) is 5.73 Å². The molecule has 0 spiro atoms. The van der Waals surface area contributed by atoms with E-state index in [0.717, 1.165) is 12.8 Å². The van der Waals surface area contributed by atoms with Gasteiger partial charge in [0.1, 0.15) is 6.04 Å². The minimum atomic E-state index is -3.56. The van der Waals surface area contributed by atoms with E-state index in [9.17, 15) is 18.0 Å². The lowest BCUT2D eigenvalue weighted by Crippen LogP contribution is -2.49. The summed E-state index contributed by atoms with van der Waals surface area (Å²) in [7, 11) is -3.56. The van der Waals surface area contributed by atoms with Gasteiger partial charge in [-0.2, -0.15) is 4.31 Å².